The standard InChI is InChI=1S/C53H94O5/c1-3-5-7-9-11-13-15-17-19-21-23-25-26-28-30-32-34-36-38-40-42-44-46-48-53(56)58-51(49-54)50-57-52(55)47-45-43-41-39-37-35-33-31-29-27-24-22-20-18-16-14-12-10-8-6-4-2/h5,7,11,13,17,19,22-25,51,54H,3-4,6,8-10,12,14-16,18,20-21,26-50H2,1-2H3/b7-5-,13-11-,19-17-,24-22-,25-23-. The number of carbonyl (C=O) groups is 2. The summed E-state index contributed by atoms with van der Waals surface area (Å²) in [5.41, 5.74) is 0. The fourth-order valence-corrected chi connectivity index (χ4v) is 7.07. The molecule has 5 heteroatoms. The van der Waals surface area contributed by atoms with E-state index >= 15 is 0 Å². The molecule has 0 saturated heterocycles. The molecule has 0 heterocycles. The van der Waals surface area contributed by atoms with Crippen LogP contribution in [0.3, 0.4) is 0 Å². The maximum atomic E-state index is 12.3. The first-order valence-electron chi connectivity index (χ1n) is 24.8. The van der Waals surface area contributed by atoms with E-state index in [0.29, 0.717) is 12.8 Å². The molecule has 1 atom stereocenters. The number of ether oxygens (including phenoxy) is 2. The van der Waals surface area contributed by atoms with Crippen molar-refractivity contribution < 1.29 is 24.2 Å². The van der Waals surface area contributed by atoms with E-state index in [1.54, 1.807) is 0 Å². The van der Waals surface area contributed by atoms with Crippen LogP contribution in [0.1, 0.15) is 245 Å². The summed E-state index contributed by atoms with van der Waals surface area (Å²) in [5.74, 6) is -0.593. The molecule has 0 aliphatic carbocycles. The fourth-order valence-electron chi connectivity index (χ4n) is 7.07. The summed E-state index contributed by atoms with van der Waals surface area (Å²) in [6, 6.07) is 0. The van der Waals surface area contributed by atoms with E-state index in [0.717, 1.165) is 64.2 Å². The minimum Gasteiger partial charge on any atom is -0.462 e. The van der Waals surface area contributed by atoms with E-state index in [-0.39, 0.29) is 25.2 Å². The molecule has 0 radical (unpaired) electrons. The molecule has 336 valence electrons. The van der Waals surface area contributed by atoms with Crippen LogP contribution in [0.2, 0.25) is 0 Å². The molecule has 0 aromatic carbocycles. The van der Waals surface area contributed by atoms with Gasteiger partial charge in [0.15, 0.2) is 6.10 Å². The van der Waals surface area contributed by atoms with Crippen LogP contribution in [0.5, 0.6) is 0 Å². The number of carbonyl (C=O) groups excluding carboxylic acids is 2. The first-order chi connectivity index (χ1) is 28.6. The van der Waals surface area contributed by atoms with Crippen molar-refractivity contribution in [3.05, 3.63) is 60.8 Å². The summed E-state index contributed by atoms with van der Waals surface area (Å²) in [6.07, 6.45) is 64.5. The second-order valence-electron chi connectivity index (χ2n) is 16.5. The Morgan fingerprint density at radius 2 is 0.741 bits per heavy atom. The Kier molecular flexibility index (Phi) is 46.9. The van der Waals surface area contributed by atoms with Gasteiger partial charge in [-0.1, -0.05) is 216 Å². The zero-order valence-electron chi connectivity index (χ0n) is 38.3. The molecule has 0 aromatic rings. The van der Waals surface area contributed by atoms with Gasteiger partial charge in [-0.25, -0.2) is 0 Å². The SMILES string of the molecule is CC/C=C\C/C=C\C/C=C\C/C=C\CCCCCCCCCCCCC(=O)OC(CO)COC(=O)CCCCCCCCCCC/C=C\CCCCCCCCCC. The third-order valence-electron chi connectivity index (χ3n) is 10.8. The molecule has 1 unspecified atom stereocenters. The van der Waals surface area contributed by atoms with Crippen LogP contribution in [0, 0.1) is 0 Å². The summed E-state index contributed by atoms with van der Waals surface area (Å²) in [6.45, 7) is 4.04. The third-order valence-corrected chi connectivity index (χ3v) is 10.8. The van der Waals surface area contributed by atoms with Gasteiger partial charge in [0.25, 0.3) is 0 Å². The van der Waals surface area contributed by atoms with Crippen LogP contribution in [0.15, 0.2) is 60.8 Å². The van der Waals surface area contributed by atoms with Crippen LogP contribution in [-0.2, 0) is 19.1 Å². The van der Waals surface area contributed by atoms with Gasteiger partial charge < -0.3 is 14.6 Å². The van der Waals surface area contributed by atoms with Crippen molar-refractivity contribution in [1.82, 2.24) is 0 Å². The van der Waals surface area contributed by atoms with Crippen LogP contribution in [0.25, 0.3) is 0 Å². The van der Waals surface area contributed by atoms with E-state index in [1.165, 1.54) is 154 Å². The van der Waals surface area contributed by atoms with E-state index < -0.39 is 6.10 Å². The molecule has 0 fully saturated rings. The average Bonchev–Trinajstić information content (AvgIpc) is 3.23. The molecule has 0 saturated carbocycles. The Labute approximate surface area is 360 Å². The fraction of sp³-hybridized carbons (Fsp3) is 0.774. The van der Waals surface area contributed by atoms with Crippen molar-refractivity contribution in [3.63, 3.8) is 0 Å². The van der Waals surface area contributed by atoms with E-state index in [1.807, 2.05) is 0 Å². The number of rotatable bonds is 45. The van der Waals surface area contributed by atoms with Gasteiger partial charge in [0.2, 0.25) is 0 Å². The number of unbranched alkanes of at least 4 members (excludes halogenated alkanes) is 27. The second kappa shape index (κ2) is 49.0. The topological polar surface area (TPSA) is 72.8 Å². The van der Waals surface area contributed by atoms with Gasteiger partial charge in [0.05, 0.1) is 6.61 Å². The van der Waals surface area contributed by atoms with Gasteiger partial charge in [0, 0.05) is 12.8 Å². The normalized spacial score (nSPS) is 12.7. The number of hydrogen-bond donors (Lipinski definition) is 1. The smallest absolute Gasteiger partial charge is 0.306 e. The van der Waals surface area contributed by atoms with Gasteiger partial charge >= 0.3 is 11.9 Å². The van der Waals surface area contributed by atoms with Crippen LogP contribution in [-0.4, -0.2) is 36.4 Å². The summed E-state index contributed by atoms with van der Waals surface area (Å²) >= 11 is 0. The molecular formula is C53H94O5. The summed E-state index contributed by atoms with van der Waals surface area (Å²) < 4.78 is 10.7. The maximum Gasteiger partial charge on any atom is 0.306 e. The summed E-state index contributed by atoms with van der Waals surface area (Å²) in [7, 11) is 0. The molecule has 0 amide bonds. The van der Waals surface area contributed by atoms with Gasteiger partial charge in [-0.05, 0) is 77.0 Å². The first-order valence-corrected chi connectivity index (χ1v) is 24.8. The summed E-state index contributed by atoms with van der Waals surface area (Å²) in [5, 5.41) is 9.62. The molecule has 1 N–H and O–H groups in total. The predicted molar refractivity (Wildman–Crippen MR) is 251 cm³/mol. The minimum atomic E-state index is -0.777. The predicted octanol–water partition coefficient (Wildman–Crippen LogP) is 16.3. The second-order valence-corrected chi connectivity index (χ2v) is 16.5. The van der Waals surface area contributed by atoms with Crippen molar-refractivity contribution in [3.8, 4) is 0 Å². The van der Waals surface area contributed by atoms with Gasteiger partial charge in [0.1, 0.15) is 6.61 Å². The third kappa shape index (κ3) is 46.3. The Morgan fingerprint density at radius 3 is 1.14 bits per heavy atom. The van der Waals surface area contributed by atoms with Gasteiger partial charge in [-0.15, -0.1) is 0 Å². The highest BCUT2D eigenvalue weighted by Gasteiger charge is 2.16. The van der Waals surface area contributed by atoms with Crippen molar-refractivity contribution in [2.45, 2.75) is 251 Å². The molecule has 0 aromatic heterocycles. The van der Waals surface area contributed by atoms with Gasteiger partial charge in [-0.3, -0.25) is 9.59 Å². The Bertz CT molecular complexity index is 1010. The molecule has 0 bridgehead atoms. The molecule has 0 aliphatic heterocycles. The highest BCUT2D eigenvalue weighted by Crippen LogP contribution is 2.15. The highest BCUT2D eigenvalue weighted by molar-refractivity contribution is 5.70. The largest absolute Gasteiger partial charge is 0.462 e. The molecular weight excluding hydrogens is 717 g/mol. The number of esters is 2. The summed E-state index contributed by atoms with van der Waals surface area (Å²) in [4.78, 5) is 24.4. The molecule has 0 aliphatic rings. The monoisotopic (exact) mass is 811 g/mol. The quantitative estimate of drug-likeness (QED) is 0.0377. The first kappa shape index (κ1) is 55.6. The number of aliphatic hydroxyl groups excluding tert-OH is 1. The average molecular weight is 811 g/mol. The Balaban J connectivity index is 3.52. The van der Waals surface area contributed by atoms with Crippen molar-refractivity contribution in [2.75, 3.05) is 13.2 Å². The lowest BCUT2D eigenvalue weighted by Gasteiger charge is -2.15. The van der Waals surface area contributed by atoms with Crippen LogP contribution < -0.4 is 0 Å². The van der Waals surface area contributed by atoms with Crippen molar-refractivity contribution in [1.29, 1.82) is 0 Å². The van der Waals surface area contributed by atoms with E-state index in [4.69, 9.17) is 9.47 Å². The lowest BCUT2D eigenvalue weighted by molar-refractivity contribution is -0.161. The lowest BCUT2D eigenvalue weighted by atomic mass is 10.0. The molecule has 58 heavy (non-hydrogen) atoms. The van der Waals surface area contributed by atoms with Crippen molar-refractivity contribution >= 4 is 11.9 Å². The van der Waals surface area contributed by atoms with E-state index in [9.17, 15) is 14.7 Å². The maximum absolute atomic E-state index is 12.3. The highest BCUT2D eigenvalue weighted by atomic mass is 16.6. The number of allylic oxidation sites excluding steroid dienone is 10. The zero-order chi connectivity index (χ0) is 42.1. The molecule has 0 rings (SSSR count). The lowest BCUT2D eigenvalue weighted by Crippen LogP contribution is -2.28. The number of aliphatic hydroxyl groups is 1. The van der Waals surface area contributed by atoms with Crippen LogP contribution >= 0.6 is 0 Å². The number of hydrogen-bond acceptors (Lipinski definition) is 5. The molecule has 0 spiro atoms. The Morgan fingerprint density at radius 1 is 0.414 bits per heavy atom. The Hall–Kier alpha value is -2.40. The zero-order valence-corrected chi connectivity index (χ0v) is 38.3. The van der Waals surface area contributed by atoms with E-state index in [2.05, 4.69) is 74.6 Å². The van der Waals surface area contributed by atoms with Crippen LogP contribution in [0.4, 0.5) is 0 Å². The minimum absolute atomic E-state index is 0.0689. The molecule has 5 nitrogen and oxygen atoms in total. The van der Waals surface area contributed by atoms with Crippen molar-refractivity contribution in [2.24, 2.45) is 0 Å². The van der Waals surface area contributed by atoms with Gasteiger partial charge in [-0.2, -0.15) is 0 Å².